The SMILES string of the molecule is COc1cc(CNC(=O)COc2ccc(C(N)=O)cc2)cc(OC)c1OC. The molecule has 0 aliphatic rings. The number of nitrogens with one attached hydrogen (secondary N) is 1. The topological polar surface area (TPSA) is 109 Å². The van der Waals surface area contributed by atoms with Gasteiger partial charge in [-0.05, 0) is 42.0 Å². The molecule has 0 aliphatic carbocycles. The van der Waals surface area contributed by atoms with Crippen LogP contribution in [0.5, 0.6) is 23.0 Å². The largest absolute Gasteiger partial charge is 0.493 e. The van der Waals surface area contributed by atoms with Crippen LogP contribution in [0.4, 0.5) is 0 Å². The van der Waals surface area contributed by atoms with E-state index in [-0.39, 0.29) is 19.1 Å². The highest BCUT2D eigenvalue weighted by Crippen LogP contribution is 2.38. The van der Waals surface area contributed by atoms with E-state index >= 15 is 0 Å². The summed E-state index contributed by atoms with van der Waals surface area (Å²) in [7, 11) is 4.57. The molecule has 0 unspecified atom stereocenters. The van der Waals surface area contributed by atoms with Gasteiger partial charge in [-0.15, -0.1) is 0 Å². The molecule has 2 aromatic rings. The van der Waals surface area contributed by atoms with E-state index in [1.165, 1.54) is 33.5 Å². The molecule has 8 heteroatoms. The minimum Gasteiger partial charge on any atom is -0.493 e. The summed E-state index contributed by atoms with van der Waals surface area (Å²) in [5.41, 5.74) is 6.32. The molecular formula is C19H22N2O6. The van der Waals surface area contributed by atoms with Crippen molar-refractivity contribution in [3.05, 3.63) is 47.5 Å². The molecule has 0 radical (unpaired) electrons. The molecule has 2 rings (SSSR count). The Balaban J connectivity index is 1.92. The van der Waals surface area contributed by atoms with Gasteiger partial charge in [0.25, 0.3) is 5.91 Å². The monoisotopic (exact) mass is 374 g/mol. The van der Waals surface area contributed by atoms with Crippen LogP contribution in [0.2, 0.25) is 0 Å². The van der Waals surface area contributed by atoms with Gasteiger partial charge in [0.15, 0.2) is 18.1 Å². The molecule has 27 heavy (non-hydrogen) atoms. The van der Waals surface area contributed by atoms with Gasteiger partial charge in [0.1, 0.15) is 5.75 Å². The summed E-state index contributed by atoms with van der Waals surface area (Å²) in [5, 5.41) is 2.75. The number of carbonyl (C=O) groups is 2. The molecule has 0 atom stereocenters. The second kappa shape index (κ2) is 9.33. The number of benzene rings is 2. The molecule has 0 saturated carbocycles. The Morgan fingerprint density at radius 2 is 1.56 bits per heavy atom. The van der Waals surface area contributed by atoms with E-state index in [0.717, 1.165) is 5.56 Å². The molecule has 0 aliphatic heterocycles. The van der Waals surface area contributed by atoms with Crippen molar-refractivity contribution in [3.63, 3.8) is 0 Å². The first kappa shape index (κ1) is 19.9. The molecule has 8 nitrogen and oxygen atoms in total. The molecule has 0 bridgehead atoms. The van der Waals surface area contributed by atoms with Crippen molar-refractivity contribution in [2.75, 3.05) is 27.9 Å². The van der Waals surface area contributed by atoms with Crippen molar-refractivity contribution >= 4 is 11.8 Å². The van der Waals surface area contributed by atoms with Crippen molar-refractivity contribution in [2.24, 2.45) is 5.73 Å². The van der Waals surface area contributed by atoms with Crippen LogP contribution in [0.3, 0.4) is 0 Å². The van der Waals surface area contributed by atoms with Crippen molar-refractivity contribution in [1.29, 1.82) is 0 Å². The molecule has 2 aromatic carbocycles. The second-order valence-corrected chi connectivity index (χ2v) is 5.49. The molecule has 0 aromatic heterocycles. The third-order valence-corrected chi connectivity index (χ3v) is 3.72. The number of nitrogens with two attached hydrogens (primary N) is 1. The van der Waals surface area contributed by atoms with E-state index < -0.39 is 5.91 Å². The molecular weight excluding hydrogens is 352 g/mol. The fraction of sp³-hybridized carbons (Fsp3) is 0.263. The maximum atomic E-state index is 12.0. The average Bonchev–Trinajstić information content (AvgIpc) is 2.69. The fourth-order valence-corrected chi connectivity index (χ4v) is 2.35. The van der Waals surface area contributed by atoms with Gasteiger partial charge in [0.2, 0.25) is 11.7 Å². The van der Waals surface area contributed by atoms with Crippen molar-refractivity contribution in [3.8, 4) is 23.0 Å². The predicted octanol–water partition coefficient (Wildman–Crippen LogP) is 1.51. The molecule has 2 amide bonds. The lowest BCUT2D eigenvalue weighted by Crippen LogP contribution is -2.28. The van der Waals surface area contributed by atoms with Crippen LogP contribution in [-0.4, -0.2) is 39.8 Å². The van der Waals surface area contributed by atoms with Crippen LogP contribution in [0, 0.1) is 0 Å². The summed E-state index contributed by atoms with van der Waals surface area (Å²) in [5.74, 6) is 1.13. The van der Waals surface area contributed by atoms with E-state index in [2.05, 4.69) is 5.32 Å². The van der Waals surface area contributed by atoms with Gasteiger partial charge >= 0.3 is 0 Å². The zero-order chi connectivity index (χ0) is 19.8. The number of carbonyl (C=O) groups excluding carboxylic acids is 2. The normalized spacial score (nSPS) is 10.0. The lowest BCUT2D eigenvalue weighted by Gasteiger charge is -2.14. The predicted molar refractivity (Wildman–Crippen MR) is 98.4 cm³/mol. The minimum absolute atomic E-state index is 0.166. The van der Waals surface area contributed by atoms with Gasteiger partial charge in [0, 0.05) is 12.1 Å². The van der Waals surface area contributed by atoms with Crippen LogP contribution < -0.4 is 30.0 Å². The van der Waals surface area contributed by atoms with Gasteiger partial charge in [-0.3, -0.25) is 9.59 Å². The number of hydrogen-bond donors (Lipinski definition) is 2. The molecule has 3 N–H and O–H groups in total. The van der Waals surface area contributed by atoms with E-state index in [9.17, 15) is 9.59 Å². The smallest absolute Gasteiger partial charge is 0.258 e. The molecule has 144 valence electrons. The second-order valence-electron chi connectivity index (χ2n) is 5.49. The molecule has 0 spiro atoms. The first-order valence-corrected chi connectivity index (χ1v) is 8.06. The lowest BCUT2D eigenvalue weighted by atomic mass is 10.1. The lowest BCUT2D eigenvalue weighted by molar-refractivity contribution is -0.123. The summed E-state index contributed by atoms with van der Waals surface area (Å²) < 4.78 is 21.2. The van der Waals surface area contributed by atoms with Crippen molar-refractivity contribution in [1.82, 2.24) is 5.32 Å². The minimum atomic E-state index is -0.523. The Labute approximate surface area is 157 Å². The van der Waals surface area contributed by atoms with Gasteiger partial charge in [-0.2, -0.15) is 0 Å². The Morgan fingerprint density at radius 3 is 2.04 bits per heavy atom. The zero-order valence-corrected chi connectivity index (χ0v) is 15.4. The summed E-state index contributed by atoms with van der Waals surface area (Å²) in [6.45, 7) is 0.0971. The Hall–Kier alpha value is -3.42. The van der Waals surface area contributed by atoms with E-state index in [1.54, 1.807) is 24.3 Å². The quantitative estimate of drug-likeness (QED) is 0.689. The van der Waals surface area contributed by atoms with Gasteiger partial charge in [-0.25, -0.2) is 0 Å². The van der Waals surface area contributed by atoms with Gasteiger partial charge in [-0.1, -0.05) is 0 Å². The summed E-state index contributed by atoms with van der Waals surface area (Å²) >= 11 is 0. The zero-order valence-electron chi connectivity index (χ0n) is 15.4. The van der Waals surface area contributed by atoms with E-state index in [0.29, 0.717) is 28.6 Å². The van der Waals surface area contributed by atoms with Crippen LogP contribution >= 0.6 is 0 Å². The standard InChI is InChI=1S/C19H22N2O6/c1-24-15-8-12(9-16(25-2)18(15)26-3)10-21-17(22)11-27-14-6-4-13(5-7-14)19(20)23/h4-9H,10-11H2,1-3H3,(H2,20,23)(H,21,22). The van der Waals surface area contributed by atoms with Crippen LogP contribution in [0.25, 0.3) is 0 Å². The third-order valence-electron chi connectivity index (χ3n) is 3.72. The number of amides is 2. The maximum Gasteiger partial charge on any atom is 0.258 e. The van der Waals surface area contributed by atoms with Gasteiger partial charge < -0.3 is 30.0 Å². The van der Waals surface area contributed by atoms with Crippen LogP contribution in [0.15, 0.2) is 36.4 Å². The summed E-state index contributed by atoms with van der Waals surface area (Å²) in [6, 6.07) is 9.73. The Kier molecular flexibility index (Phi) is 6.87. The van der Waals surface area contributed by atoms with Gasteiger partial charge in [0.05, 0.1) is 21.3 Å². The number of primary amides is 1. The summed E-state index contributed by atoms with van der Waals surface area (Å²) in [6.07, 6.45) is 0. The van der Waals surface area contributed by atoms with Crippen molar-refractivity contribution in [2.45, 2.75) is 6.54 Å². The molecule has 0 fully saturated rings. The third kappa shape index (κ3) is 5.27. The van der Waals surface area contributed by atoms with Crippen LogP contribution in [0.1, 0.15) is 15.9 Å². The Morgan fingerprint density at radius 1 is 0.963 bits per heavy atom. The van der Waals surface area contributed by atoms with E-state index in [1.807, 2.05) is 0 Å². The maximum absolute atomic E-state index is 12.0. The number of ether oxygens (including phenoxy) is 4. The first-order chi connectivity index (χ1) is 13.0. The summed E-state index contributed by atoms with van der Waals surface area (Å²) in [4.78, 5) is 23.0. The van der Waals surface area contributed by atoms with Crippen LogP contribution in [-0.2, 0) is 11.3 Å². The highest BCUT2D eigenvalue weighted by Gasteiger charge is 2.13. The Bertz CT molecular complexity index is 779. The number of hydrogen-bond acceptors (Lipinski definition) is 6. The number of rotatable bonds is 9. The molecule has 0 heterocycles. The van der Waals surface area contributed by atoms with Crippen molar-refractivity contribution < 1.29 is 28.5 Å². The number of methoxy groups -OCH3 is 3. The highest BCUT2D eigenvalue weighted by molar-refractivity contribution is 5.92. The first-order valence-electron chi connectivity index (χ1n) is 8.06. The van der Waals surface area contributed by atoms with E-state index in [4.69, 9.17) is 24.7 Å². The average molecular weight is 374 g/mol. The molecule has 0 saturated heterocycles. The fourth-order valence-electron chi connectivity index (χ4n) is 2.35. The highest BCUT2D eigenvalue weighted by atomic mass is 16.5.